The maximum absolute atomic E-state index is 6.98. The molecule has 4 nitrogen and oxygen atoms in total. The second-order valence-electron chi connectivity index (χ2n) is 1.76. The van der Waals surface area contributed by atoms with E-state index in [1.54, 1.807) is 0 Å². The number of hydrogen-bond donors (Lipinski definition) is 4. The minimum atomic E-state index is -0.407. The Morgan fingerprint density at radius 3 is 2.00 bits per heavy atom. The molecule has 0 aromatic rings. The van der Waals surface area contributed by atoms with Gasteiger partial charge in [0.05, 0.1) is 23.1 Å². The summed E-state index contributed by atoms with van der Waals surface area (Å²) in [5.74, 6) is 0. The predicted molar refractivity (Wildman–Crippen MR) is 31.1 cm³/mol. The van der Waals surface area contributed by atoms with Crippen molar-refractivity contribution in [3.63, 3.8) is 0 Å². The van der Waals surface area contributed by atoms with Crippen molar-refractivity contribution in [1.82, 2.24) is 0 Å². The summed E-state index contributed by atoms with van der Waals surface area (Å²) in [6.45, 7) is 0. The van der Waals surface area contributed by atoms with Crippen LogP contribution >= 0.6 is 0 Å². The van der Waals surface area contributed by atoms with E-state index in [-0.39, 0.29) is 5.71 Å². The van der Waals surface area contributed by atoms with E-state index >= 15 is 0 Å². The van der Waals surface area contributed by atoms with Crippen LogP contribution in [-0.2, 0) is 0 Å². The highest BCUT2D eigenvalue weighted by atomic mass is 14.9. The monoisotopic (exact) mass is 112 g/mol. The second kappa shape index (κ2) is 1.23. The summed E-state index contributed by atoms with van der Waals surface area (Å²) >= 11 is 0. The van der Waals surface area contributed by atoms with Gasteiger partial charge in [0.2, 0.25) is 0 Å². The first-order valence-electron chi connectivity index (χ1n) is 2.24. The molecule has 44 valence electrons. The topological polar surface area (TPSA) is 102 Å². The van der Waals surface area contributed by atoms with Crippen molar-refractivity contribution < 1.29 is 0 Å². The van der Waals surface area contributed by atoms with Crippen LogP contribution in [0.3, 0.4) is 0 Å². The van der Waals surface area contributed by atoms with Gasteiger partial charge in [-0.3, -0.25) is 0 Å². The van der Waals surface area contributed by atoms with Crippen LogP contribution < -0.4 is 17.2 Å². The van der Waals surface area contributed by atoms with Gasteiger partial charge in [-0.15, -0.1) is 0 Å². The van der Waals surface area contributed by atoms with E-state index in [1.165, 1.54) is 0 Å². The van der Waals surface area contributed by atoms with Gasteiger partial charge in [0.25, 0.3) is 0 Å². The molecule has 0 amide bonds. The summed E-state index contributed by atoms with van der Waals surface area (Å²) in [6.07, 6.45) is 0. The molecule has 0 heterocycles. The minimum Gasteiger partial charge on any atom is -0.399 e. The van der Waals surface area contributed by atoms with Crippen molar-refractivity contribution in [2.75, 3.05) is 0 Å². The van der Waals surface area contributed by atoms with Gasteiger partial charge >= 0.3 is 0 Å². The Hall–Kier alpha value is -1.03. The van der Waals surface area contributed by atoms with Crippen molar-refractivity contribution in [2.24, 2.45) is 17.2 Å². The molecule has 1 rings (SSSR count). The second-order valence-corrected chi connectivity index (χ2v) is 1.76. The van der Waals surface area contributed by atoms with Gasteiger partial charge < -0.3 is 22.6 Å². The number of nitrogens with two attached hydrogens (primary N) is 3. The SMILES string of the molecule is N=C1C(N)=C(N)[C@H]1N. The molecule has 0 aliphatic heterocycles. The maximum Gasteiger partial charge on any atom is 0.0908 e. The van der Waals surface area contributed by atoms with Crippen LogP contribution in [0.15, 0.2) is 11.4 Å². The number of rotatable bonds is 0. The average molecular weight is 112 g/mol. The Bertz CT molecular complexity index is 169. The Kier molecular flexibility index (Phi) is 0.783. The zero-order valence-electron chi connectivity index (χ0n) is 4.31. The summed E-state index contributed by atoms with van der Waals surface area (Å²) in [5, 5.41) is 6.98. The molecule has 0 spiro atoms. The van der Waals surface area contributed by atoms with Gasteiger partial charge in [-0.05, 0) is 0 Å². The van der Waals surface area contributed by atoms with Crippen molar-refractivity contribution >= 4 is 5.71 Å². The molecule has 0 fully saturated rings. The largest absolute Gasteiger partial charge is 0.399 e. The Balaban J connectivity index is 2.90. The van der Waals surface area contributed by atoms with Crippen LogP contribution in [0.5, 0.6) is 0 Å². The molecule has 0 unspecified atom stereocenters. The Morgan fingerprint density at radius 1 is 1.38 bits per heavy atom. The van der Waals surface area contributed by atoms with E-state index in [0.29, 0.717) is 11.4 Å². The van der Waals surface area contributed by atoms with Crippen molar-refractivity contribution in [3.05, 3.63) is 11.4 Å². The lowest BCUT2D eigenvalue weighted by Crippen LogP contribution is -2.49. The van der Waals surface area contributed by atoms with Crippen LogP contribution in [0.2, 0.25) is 0 Å². The van der Waals surface area contributed by atoms with Gasteiger partial charge in [-0.25, -0.2) is 0 Å². The zero-order valence-corrected chi connectivity index (χ0v) is 4.31. The molecule has 1 aliphatic rings. The first-order valence-corrected chi connectivity index (χ1v) is 2.24. The van der Waals surface area contributed by atoms with Crippen LogP contribution in [0.25, 0.3) is 0 Å². The molecule has 0 bridgehead atoms. The third-order valence-corrected chi connectivity index (χ3v) is 1.25. The summed E-state index contributed by atoms with van der Waals surface area (Å²) in [4.78, 5) is 0. The van der Waals surface area contributed by atoms with E-state index in [4.69, 9.17) is 22.6 Å². The summed E-state index contributed by atoms with van der Waals surface area (Å²) in [5.41, 5.74) is 16.8. The van der Waals surface area contributed by atoms with Crippen LogP contribution in [-0.4, -0.2) is 11.8 Å². The van der Waals surface area contributed by atoms with E-state index in [9.17, 15) is 0 Å². The molecule has 0 aromatic carbocycles. The van der Waals surface area contributed by atoms with Gasteiger partial charge in [-0.2, -0.15) is 0 Å². The predicted octanol–water partition coefficient (Wildman–Crippen LogP) is -1.52. The molecule has 0 radical (unpaired) electrons. The maximum atomic E-state index is 6.98. The van der Waals surface area contributed by atoms with E-state index < -0.39 is 6.04 Å². The standard InChI is InChI=1S/C4H8N4/c5-1-2(6)4(8)3(1)7/h1,6H,5,7-8H2/t1-/m0/s1. The van der Waals surface area contributed by atoms with Crippen LogP contribution in [0.1, 0.15) is 0 Å². The molecule has 0 aromatic heterocycles. The third kappa shape index (κ3) is 0.350. The van der Waals surface area contributed by atoms with Gasteiger partial charge in [0.15, 0.2) is 0 Å². The molecule has 7 N–H and O–H groups in total. The highest BCUT2D eigenvalue weighted by Crippen LogP contribution is 2.12. The van der Waals surface area contributed by atoms with Crippen LogP contribution in [0, 0.1) is 5.41 Å². The van der Waals surface area contributed by atoms with Crippen molar-refractivity contribution in [1.29, 1.82) is 5.41 Å². The van der Waals surface area contributed by atoms with Gasteiger partial charge in [0.1, 0.15) is 0 Å². The molecular weight excluding hydrogens is 104 g/mol. The molecule has 1 atom stereocenters. The minimum absolute atomic E-state index is 0.252. The van der Waals surface area contributed by atoms with E-state index in [0.717, 1.165) is 0 Å². The zero-order chi connectivity index (χ0) is 6.31. The first kappa shape index (κ1) is 5.11. The fourth-order valence-corrected chi connectivity index (χ4v) is 0.568. The molecule has 4 heteroatoms. The Morgan fingerprint density at radius 2 is 1.88 bits per heavy atom. The molecule has 0 saturated heterocycles. The summed E-state index contributed by atoms with van der Waals surface area (Å²) in [7, 11) is 0. The first-order chi connectivity index (χ1) is 3.64. The van der Waals surface area contributed by atoms with Crippen molar-refractivity contribution in [3.8, 4) is 0 Å². The molecule has 1 aliphatic carbocycles. The summed E-state index contributed by atoms with van der Waals surface area (Å²) in [6, 6.07) is -0.407. The molecule has 0 saturated carbocycles. The quantitative estimate of drug-likeness (QED) is 0.306. The smallest absolute Gasteiger partial charge is 0.0908 e. The third-order valence-electron chi connectivity index (χ3n) is 1.25. The molecule has 8 heavy (non-hydrogen) atoms. The lowest BCUT2D eigenvalue weighted by molar-refractivity contribution is 0.885. The van der Waals surface area contributed by atoms with Crippen molar-refractivity contribution in [2.45, 2.75) is 6.04 Å². The number of nitrogens with one attached hydrogen (secondary N) is 1. The number of hydrogen-bond acceptors (Lipinski definition) is 4. The van der Waals surface area contributed by atoms with E-state index in [1.807, 2.05) is 0 Å². The van der Waals surface area contributed by atoms with E-state index in [2.05, 4.69) is 0 Å². The Labute approximate surface area is 46.8 Å². The molecular formula is C4H8N4. The van der Waals surface area contributed by atoms with Gasteiger partial charge in [-0.1, -0.05) is 0 Å². The lowest BCUT2D eigenvalue weighted by atomic mass is 9.94. The average Bonchev–Trinajstić information content (AvgIpc) is 1.83. The normalized spacial score (nSPS) is 28.1. The van der Waals surface area contributed by atoms with Crippen LogP contribution in [0.4, 0.5) is 0 Å². The highest BCUT2D eigenvalue weighted by molar-refractivity contribution is 6.10. The fourth-order valence-electron chi connectivity index (χ4n) is 0.568. The summed E-state index contributed by atoms with van der Waals surface area (Å²) < 4.78 is 0. The highest BCUT2D eigenvalue weighted by Gasteiger charge is 2.27. The fraction of sp³-hybridized carbons (Fsp3) is 0.250. The van der Waals surface area contributed by atoms with Gasteiger partial charge in [0, 0.05) is 0 Å². The lowest BCUT2D eigenvalue weighted by Gasteiger charge is -2.25.